The van der Waals surface area contributed by atoms with Gasteiger partial charge in [-0.3, -0.25) is 9.67 Å². The molecule has 1 aromatic heterocycles. The van der Waals surface area contributed by atoms with Crippen LogP contribution in [0.5, 0.6) is 0 Å². The molecule has 1 N–H and O–H groups in total. The summed E-state index contributed by atoms with van der Waals surface area (Å²) >= 11 is 5.23. The summed E-state index contributed by atoms with van der Waals surface area (Å²) in [7, 11) is 0. The third-order valence-corrected chi connectivity index (χ3v) is 3.22. The van der Waals surface area contributed by atoms with Crippen molar-refractivity contribution in [2.24, 2.45) is 0 Å². The van der Waals surface area contributed by atoms with Crippen molar-refractivity contribution in [2.45, 2.75) is 32.2 Å². The highest BCUT2D eigenvalue weighted by atomic mass is 32.1. The second-order valence-corrected chi connectivity index (χ2v) is 4.41. The number of rotatable bonds is 1. The summed E-state index contributed by atoms with van der Waals surface area (Å²) in [4.78, 5) is 0. The molecule has 78 valence electrons. The summed E-state index contributed by atoms with van der Waals surface area (Å²) in [6.07, 6.45) is 2.00. The maximum absolute atomic E-state index is 5.36. The first kappa shape index (κ1) is 9.86. The van der Waals surface area contributed by atoms with Gasteiger partial charge in [-0.1, -0.05) is 0 Å². The summed E-state index contributed by atoms with van der Waals surface area (Å²) in [6, 6.07) is 0. The van der Waals surface area contributed by atoms with E-state index in [-0.39, 0.29) is 5.54 Å². The lowest BCUT2D eigenvalue weighted by atomic mass is 9.92. The van der Waals surface area contributed by atoms with Crippen LogP contribution in [0, 0.1) is 11.7 Å². The number of hydrogen-bond donors (Lipinski definition) is 1. The van der Waals surface area contributed by atoms with E-state index in [1.807, 2.05) is 6.92 Å². The highest BCUT2D eigenvalue weighted by molar-refractivity contribution is 7.71. The highest BCUT2D eigenvalue weighted by Gasteiger charge is 2.31. The molecule has 0 saturated carbocycles. The van der Waals surface area contributed by atoms with E-state index in [4.69, 9.17) is 17.0 Å². The second kappa shape index (κ2) is 3.47. The number of aromatic amines is 1. The van der Waals surface area contributed by atoms with Gasteiger partial charge in [-0.15, -0.1) is 0 Å². The van der Waals surface area contributed by atoms with Crippen LogP contribution >= 0.6 is 12.2 Å². The zero-order valence-corrected chi connectivity index (χ0v) is 9.36. The molecule has 0 bridgehead atoms. The third-order valence-electron chi connectivity index (χ3n) is 2.95. The van der Waals surface area contributed by atoms with Gasteiger partial charge in [0.1, 0.15) is 5.82 Å². The number of hydrogen-bond acceptors (Lipinski definition) is 3. The minimum absolute atomic E-state index is 0.0758. The van der Waals surface area contributed by atoms with Crippen LogP contribution in [0.25, 0.3) is 0 Å². The Morgan fingerprint density at radius 2 is 2.14 bits per heavy atom. The minimum atomic E-state index is 0.0758. The van der Waals surface area contributed by atoms with Crippen LogP contribution in [0.15, 0.2) is 0 Å². The quantitative estimate of drug-likeness (QED) is 0.723. The van der Waals surface area contributed by atoms with Gasteiger partial charge >= 0.3 is 0 Å². The number of aromatic nitrogens is 3. The van der Waals surface area contributed by atoms with Crippen molar-refractivity contribution in [2.75, 3.05) is 13.2 Å². The van der Waals surface area contributed by atoms with Crippen LogP contribution in [0.3, 0.4) is 0 Å². The lowest BCUT2D eigenvalue weighted by Crippen LogP contribution is -2.37. The van der Waals surface area contributed by atoms with E-state index in [1.165, 1.54) is 0 Å². The molecule has 1 fully saturated rings. The molecule has 1 aliphatic rings. The Balaban J connectivity index is 2.41. The third kappa shape index (κ3) is 1.50. The molecule has 0 spiro atoms. The summed E-state index contributed by atoms with van der Waals surface area (Å²) < 4.78 is 8.20. The van der Waals surface area contributed by atoms with E-state index in [2.05, 4.69) is 21.7 Å². The average Bonchev–Trinajstić information content (AvgIpc) is 2.48. The van der Waals surface area contributed by atoms with Crippen molar-refractivity contribution in [3.05, 3.63) is 10.6 Å². The first-order valence-electron chi connectivity index (χ1n) is 4.86. The number of H-pyrrole nitrogens is 1. The van der Waals surface area contributed by atoms with Crippen molar-refractivity contribution in [3.63, 3.8) is 0 Å². The van der Waals surface area contributed by atoms with Crippen LogP contribution in [0.2, 0.25) is 0 Å². The largest absolute Gasteiger partial charge is 0.381 e. The van der Waals surface area contributed by atoms with Crippen LogP contribution in [0.4, 0.5) is 0 Å². The minimum Gasteiger partial charge on any atom is -0.381 e. The molecule has 1 aliphatic heterocycles. The molecule has 4 nitrogen and oxygen atoms in total. The van der Waals surface area contributed by atoms with E-state index in [9.17, 15) is 0 Å². The van der Waals surface area contributed by atoms with E-state index in [1.54, 1.807) is 0 Å². The highest BCUT2D eigenvalue weighted by Crippen LogP contribution is 2.29. The summed E-state index contributed by atoms with van der Waals surface area (Å²) in [5, 5.41) is 6.98. The van der Waals surface area contributed by atoms with Gasteiger partial charge in [0, 0.05) is 13.2 Å². The number of aryl methyl sites for hydroxylation is 1. The first-order valence-corrected chi connectivity index (χ1v) is 5.26. The fourth-order valence-electron chi connectivity index (χ4n) is 2.05. The fourth-order valence-corrected chi connectivity index (χ4v) is 2.44. The lowest BCUT2D eigenvalue weighted by molar-refractivity contribution is 0.0279. The maximum atomic E-state index is 5.36. The maximum Gasteiger partial charge on any atom is 0.195 e. The predicted octanol–water partition coefficient (Wildman–Crippen LogP) is 1.77. The second-order valence-electron chi connectivity index (χ2n) is 4.02. The fraction of sp³-hybridized carbons (Fsp3) is 0.778. The van der Waals surface area contributed by atoms with E-state index < -0.39 is 0 Å². The topological polar surface area (TPSA) is 42.8 Å². The molecular weight excluding hydrogens is 198 g/mol. The van der Waals surface area contributed by atoms with Gasteiger partial charge in [0.2, 0.25) is 0 Å². The smallest absolute Gasteiger partial charge is 0.195 e. The van der Waals surface area contributed by atoms with Gasteiger partial charge < -0.3 is 4.74 Å². The zero-order chi connectivity index (χ0) is 10.2. The normalized spacial score (nSPS) is 21.0. The number of nitrogens with one attached hydrogen (secondary N) is 1. The summed E-state index contributed by atoms with van der Waals surface area (Å²) in [5.74, 6) is 0.958. The Labute approximate surface area is 88.3 Å². The zero-order valence-electron chi connectivity index (χ0n) is 8.54. The Bertz CT molecular complexity index is 376. The van der Waals surface area contributed by atoms with Crippen molar-refractivity contribution in [1.82, 2.24) is 14.8 Å². The molecule has 1 saturated heterocycles. The van der Waals surface area contributed by atoms with Crippen molar-refractivity contribution in [3.8, 4) is 0 Å². The Morgan fingerprint density at radius 1 is 1.50 bits per heavy atom. The van der Waals surface area contributed by atoms with Crippen molar-refractivity contribution < 1.29 is 4.74 Å². The van der Waals surface area contributed by atoms with Crippen molar-refractivity contribution in [1.29, 1.82) is 0 Å². The van der Waals surface area contributed by atoms with Gasteiger partial charge in [-0.25, -0.2) is 0 Å². The molecule has 2 rings (SSSR count). The molecule has 0 atom stereocenters. The van der Waals surface area contributed by atoms with Crippen LogP contribution in [0.1, 0.15) is 25.6 Å². The molecule has 0 aliphatic carbocycles. The Hall–Kier alpha value is -0.680. The molecular formula is C9H15N3OS. The van der Waals surface area contributed by atoms with Crippen LogP contribution < -0.4 is 0 Å². The Kier molecular flexibility index (Phi) is 2.45. The molecule has 14 heavy (non-hydrogen) atoms. The van der Waals surface area contributed by atoms with Gasteiger partial charge in [0.05, 0.1) is 5.54 Å². The van der Waals surface area contributed by atoms with Crippen LogP contribution in [-0.2, 0) is 10.3 Å². The van der Waals surface area contributed by atoms with Crippen LogP contribution in [-0.4, -0.2) is 28.0 Å². The van der Waals surface area contributed by atoms with Crippen molar-refractivity contribution >= 4 is 12.2 Å². The Morgan fingerprint density at radius 3 is 2.64 bits per heavy atom. The summed E-state index contributed by atoms with van der Waals surface area (Å²) in [5.41, 5.74) is 0.0758. The molecule has 1 aromatic rings. The first-order chi connectivity index (χ1) is 6.63. The summed E-state index contributed by atoms with van der Waals surface area (Å²) in [6.45, 7) is 5.81. The van der Waals surface area contributed by atoms with E-state index in [0.717, 1.165) is 31.9 Å². The lowest BCUT2D eigenvalue weighted by Gasteiger charge is -2.35. The van der Waals surface area contributed by atoms with E-state index >= 15 is 0 Å². The molecule has 0 aromatic carbocycles. The molecule has 0 unspecified atom stereocenters. The monoisotopic (exact) mass is 213 g/mol. The standard InChI is InChI=1S/C9H15N3OS/c1-7-10-11-8(14)12(7)9(2)3-5-13-6-4-9/h3-6H2,1-2H3,(H,11,14). The van der Waals surface area contributed by atoms with E-state index in [0.29, 0.717) is 4.77 Å². The molecule has 0 radical (unpaired) electrons. The number of nitrogens with zero attached hydrogens (tertiary/aromatic N) is 2. The molecule has 5 heteroatoms. The predicted molar refractivity (Wildman–Crippen MR) is 55.8 cm³/mol. The SMILES string of the molecule is Cc1n[nH]c(=S)n1C1(C)CCOCC1. The molecule has 2 heterocycles. The van der Waals surface area contributed by atoms with Gasteiger partial charge in [0.15, 0.2) is 4.77 Å². The van der Waals surface area contributed by atoms with Gasteiger partial charge in [-0.05, 0) is 38.9 Å². The van der Waals surface area contributed by atoms with Gasteiger partial charge in [0.25, 0.3) is 0 Å². The average molecular weight is 213 g/mol. The number of ether oxygens (including phenoxy) is 1. The molecule has 0 amide bonds. The van der Waals surface area contributed by atoms with Gasteiger partial charge in [-0.2, -0.15) is 5.10 Å².